The average molecular weight is 202 g/mol. The molecule has 2 atom stereocenters. The van der Waals surface area contributed by atoms with E-state index in [9.17, 15) is 0 Å². The number of hydrogen-bond donors (Lipinski definition) is 2. The smallest absolute Gasteiger partial charge is 0.0615 e. The SMILES string of the molecule is CCC(C)CNC(CCCN)COC. The van der Waals surface area contributed by atoms with Gasteiger partial charge in [-0.2, -0.15) is 0 Å². The summed E-state index contributed by atoms with van der Waals surface area (Å²) in [6.45, 7) is 7.12. The molecule has 0 saturated heterocycles. The molecule has 0 rings (SSSR count). The molecule has 0 aromatic carbocycles. The summed E-state index contributed by atoms with van der Waals surface area (Å²) in [6.07, 6.45) is 3.41. The molecule has 0 heterocycles. The maximum absolute atomic E-state index is 5.49. The minimum atomic E-state index is 0.470. The van der Waals surface area contributed by atoms with Gasteiger partial charge in [0.25, 0.3) is 0 Å². The van der Waals surface area contributed by atoms with Gasteiger partial charge < -0.3 is 15.8 Å². The van der Waals surface area contributed by atoms with Crippen molar-refractivity contribution in [3.8, 4) is 0 Å². The molecule has 0 amide bonds. The summed E-state index contributed by atoms with van der Waals surface area (Å²) in [5.41, 5.74) is 5.49. The topological polar surface area (TPSA) is 47.3 Å². The first-order valence-corrected chi connectivity index (χ1v) is 5.66. The Kier molecular flexibility index (Phi) is 9.35. The van der Waals surface area contributed by atoms with Gasteiger partial charge in [-0.3, -0.25) is 0 Å². The molecule has 3 heteroatoms. The maximum Gasteiger partial charge on any atom is 0.0615 e. The van der Waals surface area contributed by atoms with Gasteiger partial charge in [0.15, 0.2) is 0 Å². The van der Waals surface area contributed by atoms with Crippen molar-refractivity contribution in [2.75, 3.05) is 26.8 Å². The summed E-state index contributed by atoms with van der Waals surface area (Å²) in [5.74, 6) is 0.743. The summed E-state index contributed by atoms with van der Waals surface area (Å²) >= 11 is 0. The van der Waals surface area contributed by atoms with Crippen molar-refractivity contribution in [3.05, 3.63) is 0 Å². The molecular formula is C11H26N2O. The van der Waals surface area contributed by atoms with Crippen molar-refractivity contribution >= 4 is 0 Å². The van der Waals surface area contributed by atoms with E-state index in [1.165, 1.54) is 6.42 Å². The van der Waals surface area contributed by atoms with Crippen LogP contribution >= 0.6 is 0 Å². The fourth-order valence-corrected chi connectivity index (χ4v) is 1.32. The van der Waals surface area contributed by atoms with E-state index >= 15 is 0 Å². The Labute approximate surface area is 88.4 Å². The van der Waals surface area contributed by atoms with Gasteiger partial charge in [0, 0.05) is 13.2 Å². The number of nitrogens with one attached hydrogen (secondary N) is 1. The van der Waals surface area contributed by atoms with Crippen molar-refractivity contribution in [3.63, 3.8) is 0 Å². The zero-order chi connectivity index (χ0) is 10.8. The Morgan fingerprint density at radius 1 is 1.43 bits per heavy atom. The van der Waals surface area contributed by atoms with Crippen molar-refractivity contribution in [1.29, 1.82) is 0 Å². The Bertz CT molecular complexity index is 120. The molecule has 0 saturated carbocycles. The van der Waals surface area contributed by atoms with Gasteiger partial charge in [0.1, 0.15) is 0 Å². The van der Waals surface area contributed by atoms with Crippen LogP contribution in [-0.2, 0) is 4.74 Å². The van der Waals surface area contributed by atoms with Crippen LogP contribution in [0.5, 0.6) is 0 Å². The zero-order valence-electron chi connectivity index (χ0n) is 9.88. The van der Waals surface area contributed by atoms with Crippen LogP contribution < -0.4 is 11.1 Å². The van der Waals surface area contributed by atoms with Crippen molar-refractivity contribution in [2.45, 2.75) is 39.2 Å². The second-order valence-electron chi connectivity index (χ2n) is 4.00. The van der Waals surface area contributed by atoms with Crippen LogP contribution in [0.4, 0.5) is 0 Å². The van der Waals surface area contributed by atoms with Crippen LogP contribution in [0.15, 0.2) is 0 Å². The third-order valence-corrected chi connectivity index (χ3v) is 2.58. The molecule has 0 fully saturated rings. The number of methoxy groups -OCH3 is 1. The van der Waals surface area contributed by atoms with E-state index in [1.54, 1.807) is 7.11 Å². The van der Waals surface area contributed by atoms with E-state index < -0.39 is 0 Å². The summed E-state index contributed by atoms with van der Waals surface area (Å²) in [5, 5.41) is 3.53. The minimum absolute atomic E-state index is 0.470. The highest BCUT2D eigenvalue weighted by molar-refractivity contribution is 4.68. The molecule has 2 unspecified atom stereocenters. The minimum Gasteiger partial charge on any atom is -0.383 e. The quantitative estimate of drug-likeness (QED) is 0.594. The molecule has 0 aromatic heterocycles. The number of rotatable bonds is 9. The predicted molar refractivity (Wildman–Crippen MR) is 61.4 cm³/mol. The van der Waals surface area contributed by atoms with Gasteiger partial charge in [-0.25, -0.2) is 0 Å². The lowest BCUT2D eigenvalue weighted by molar-refractivity contribution is 0.159. The molecule has 14 heavy (non-hydrogen) atoms. The molecule has 0 radical (unpaired) electrons. The lowest BCUT2D eigenvalue weighted by atomic mass is 10.1. The average Bonchev–Trinajstić information content (AvgIpc) is 2.21. The fraction of sp³-hybridized carbons (Fsp3) is 1.00. The van der Waals surface area contributed by atoms with Crippen LogP contribution in [0.25, 0.3) is 0 Å². The lowest BCUT2D eigenvalue weighted by Crippen LogP contribution is -2.36. The molecule has 0 bridgehead atoms. The first-order chi connectivity index (χ1) is 6.74. The van der Waals surface area contributed by atoms with Crippen molar-refractivity contribution in [1.82, 2.24) is 5.32 Å². The van der Waals surface area contributed by atoms with E-state index in [4.69, 9.17) is 10.5 Å². The highest BCUT2D eigenvalue weighted by Gasteiger charge is 2.08. The van der Waals surface area contributed by atoms with Crippen LogP contribution in [0.2, 0.25) is 0 Å². The molecule has 0 aliphatic rings. The standard InChI is InChI=1S/C11H26N2O/c1-4-10(2)8-13-11(9-14-3)6-5-7-12/h10-11,13H,4-9,12H2,1-3H3. The Hall–Kier alpha value is -0.120. The van der Waals surface area contributed by atoms with Crippen LogP contribution in [0, 0.1) is 5.92 Å². The van der Waals surface area contributed by atoms with Gasteiger partial charge in [-0.15, -0.1) is 0 Å². The molecule has 3 nitrogen and oxygen atoms in total. The van der Waals surface area contributed by atoms with Gasteiger partial charge in [-0.05, 0) is 31.8 Å². The number of nitrogens with two attached hydrogens (primary N) is 1. The lowest BCUT2D eigenvalue weighted by Gasteiger charge is -2.19. The highest BCUT2D eigenvalue weighted by atomic mass is 16.5. The zero-order valence-corrected chi connectivity index (χ0v) is 9.88. The van der Waals surface area contributed by atoms with E-state index in [0.717, 1.165) is 38.5 Å². The third-order valence-electron chi connectivity index (χ3n) is 2.58. The third kappa shape index (κ3) is 7.30. The second-order valence-corrected chi connectivity index (χ2v) is 4.00. The van der Waals surface area contributed by atoms with E-state index in [0.29, 0.717) is 6.04 Å². The van der Waals surface area contributed by atoms with E-state index in [-0.39, 0.29) is 0 Å². The highest BCUT2D eigenvalue weighted by Crippen LogP contribution is 2.01. The van der Waals surface area contributed by atoms with Crippen LogP contribution in [0.1, 0.15) is 33.1 Å². The van der Waals surface area contributed by atoms with Crippen LogP contribution in [-0.4, -0.2) is 32.8 Å². The predicted octanol–water partition coefficient (Wildman–Crippen LogP) is 1.38. The first-order valence-electron chi connectivity index (χ1n) is 5.66. The molecule has 0 aromatic rings. The Balaban J connectivity index is 3.60. The fourth-order valence-electron chi connectivity index (χ4n) is 1.32. The molecule has 86 valence electrons. The van der Waals surface area contributed by atoms with E-state index in [1.807, 2.05) is 0 Å². The largest absolute Gasteiger partial charge is 0.383 e. The van der Waals surface area contributed by atoms with Gasteiger partial charge in [0.2, 0.25) is 0 Å². The Morgan fingerprint density at radius 3 is 2.64 bits per heavy atom. The van der Waals surface area contributed by atoms with E-state index in [2.05, 4.69) is 19.2 Å². The number of hydrogen-bond acceptors (Lipinski definition) is 3. The van der Waals surface area contributed by atoms with Gasteiger partial charge in [-0.1, -0.05) is 20.3 Å². The summed E-state index contributed by atoms with van der Waals surface area (Å²) < 4.78 is 5.16. The molecule has 0 aliphatic heterocycles. The summed E-state index contributed by atoms with van der Waals surface area (Å²) in [6, 6.07) is 0.470. The second kappa shape index (κ2) is 9.44. The monoisotopic (exact) mass is 202 g/mol. The Morgan fingerprint density at radius 2 is 2.14 bits per heavy atom. The van der Waals surface area contributed by atoms with Crippen molar-refractivity contribution < 1.29 is 4.74 Å². The van der Waals surface area contributed by atoms with Crippen LogP contribution in [0.3, 0.4) is 0 Å². The molecule has 0 spiro atoms. The van der Waals surface area contributed by atoms with Gasteiger partial charge in [0.05, 0.1) is 6.61 Å². The molecule has 0 aliphatic carbocycles. The molecular weight excluding hydrogens is 176 g/mol. The van der Waals surface area contributed by atoms with Gasteiger partial charge >= 0.3 is 0 Å². The summed E-state index contributed by atoms with van der Waals surface area (Å²) in [7, 11) is 1.75. The molecule has 3 N–H and O–H groups in total. The summed E-state index contributed by atoms with van der Waals surface area (Å²) in [4.78, 5) is 0. The number of ether oxygens (including phenoxy) is 1. The maximum atomic E-state index is 5.49. The first kappa shape index (κ1) is 13.9. The van der Waals surface area contributed by atoms with Crippen molar-refractivity contribution in [2.24, 2.45) is 11.7 Å². The normalized spacial score (nSPS) is 15.4.